The highest BCUT2D eigenvalue weighted by atomic mass is 32.2. The van der Waals surface area contributed by atoms with Crippen molar-refractivity contribution in [2.24, 2.45) is 11.8 Å². The second-order valence-electron chi connectivity index (χ2n) is 5.72. The van der Waals surface area contributed by atoms with Gasteiger partial charge in [-0.3, -0.25) is 4.79 Å². The first-order chi connectivity index (χ1) is 9.04. The van der Waals surface area contributed by atoms with Crippen molar-refractivity contribution in [3.8, 4) is 0 Å². The number of aliphatic carboxylic acids is 1. The fraction of sp³-hybridized carbons (Fsp3) is 0.562. The van der Waals surface area contributed by atoms with Gasteiger partial charge in [-0.1, -0.05) is 26.0 Å². The number of hydrogen-bond donors (Lipinski definition) is 1. The summed E-state index contributed by atoms with van der Waals surface area (Å²) in [5.74, 6) is 0.905. The highest BCUT2D eigenvalue weighted by Crippen LogP contribution is 2.38. The molecule has 0 aromatic heterocycles. The van der Waals surface area contributed by atoms with E-state index in [1.165, 1.54) is 24.2 Å². The molecule has 2 nitrogen and oxygen atoms in total. The molecule has 0 radical (unpaired) electrons. The van der Waals surface area contributed by atoms with Gasteiger partial charge in [0.1, 0.15) is 0 Å². The van der Waals surface area contributed by atoms with Gasteiger partial charge in [-0.05, 0) is 48.8 Å². The molecule has 1 aromatic rings. The van der Waals surface area contributed by atoms with Gasteiger partial charge in [0.25, 0.3) is 0 Å². The van der Waals surface area contributed by atoms with E-state index >= 15 is 0 Å². The van der Waals surface area contributed by atoms with Crippen LogP contribution in [0.15, 0.2) is 29.2 Å². The minimum Gasteiger partial charge on any atom is -0.481 e. The number of hydrogen-bond acceptors (Lipinski definition) is 2. The van der Waals surface area contributed by atoms with Crippen LogP contribution in [0, 0.1) is 11.8 Å². The monoisotopic (exact) mass is 278 g/mol. The molecule has 2 rings (SSSR count). The summed E-state index contributed by atoms with van der Waals surface area (Å²) >= 11 is 1.95. The molecule has 1 N–H and O–H groups in total. The zero-order chi connectivity index (χ0) is 13.8. The summed E-state index contributed by atoms with van der Waals surface area (Å²) < 4.78 is 0. The average molecular weight is 278 g/mol. The van der Waals surface area contributed by atoms with Crippen molar-refractivity contribution >= 4 is 17.7 Å². The Morgan fingerprint density at radius 1 is 1.21 bits per heavy atom. The van der Waals surface area contributed by atoms with Crippen LogP contribution in [-0.4, -0.2) is 16.3 Å². The van der Waals surface area contributed by atoms with Gasteiger partial charge in [0.15, 0.2) is 0 Å². The van der Waals surface area contributed by atoms with Crippen LogP contribution in [0.1, 0.15) is 38.7 Å². The third-order valence-corrected chi connectivity index (χ3v) is 5.44. The van der Waals surface area contributed by atoms with E-state index in [1.807, 2.05) is 23.9 Å². The molecule has 0 amide bonds. The van der Waals surface area contributed by atoms with Crippen LogP contribution in [0.5, 0.6) is 0 Å². The Balaban J connectivity index is 1.91. The van der Waals surface area contributed by atoms with Gasteiger partial charge in [0.2, 0.25) is 0 Å². The van der Waals surface area contributed by atoms with Gasteiger partial charge in [-0.2, -0.15) is 0 Å². The van der Waals surface area contributed by atoms with Crippen LogP contribution in [0.4, 0.5) is 0 Å². The van der Waals surface area contributed by atoms with Crippen LogP contribution in [0.2, 0.25) is 0 Å². The molecule has 1 aliphatic carbocycles. The minimum absolute atomic E-state index is 0.114. The van der Waals surface area contributed by atoms with Crippen LogP contribution >= 0.6 is 11.8 Å². The molecule has 0 spiro atoms. The fourth-order valence-corrected chi connectivity index (χ4v) is 3.99. The topological polar surface area (TPSA) is 37.3 Å². The Labute approximate surface area is 119 Å². The maximum atomic E-state index is 10.6. The lowest BCUT2D eigenvalue weighted by atomic mass is 9.81. The summed E-state index contributed by atoms with van der Waals surface area (Å²) in [6.45, 7) is 4.71. The van der Waals surface area contributed by atoms with E-state index < -0.39 is 5.97 Å². The quantitative estimate of drug-likeness (QED) is 0.895. The van der Waals surface area contributed by atoms with Crippen molar-refractivity contribution in [3.05, 3.63) is 29.8 Å². The molecule has 0 aliphatic heterocycles. The van der Waals surface area contributed by atoms with Gasteiger partial charge in [0.05, 0.1) is 6.42 Å². The Kier molecular flexibility index (Phi) is 4.92. The highest BCUT2D eigenvalue weighted by molar-refractivity contribution is 8.00. The molecule has 3 heteroatoms. The second-order valence-corrected chi connectivity index (χ2v) is 7.10. The van der Waals surface area contributed by atoms with Gasteiger partial charge in [0, 0.05) is 10.1 Å². The Bertz CT molecular complexity index is 427. The van der Waals surface area contributed by atoms with E-state index in [1.54, 1.807) is 0 Å². The van der Waals surface area contributed by atoms with Gasteiger partial charge in [-0.15, -0.1) is 11.8 Å². The SMILES string of the molecule is CC1CCC(Sc2ccc(CC(=O)O)cc2)CC1C. The first-order valence-corrected chi connectivity index (χ1v) is 7.90. The maximum absolute atomic E-state index is 10.6. The lowest BCUT2D eigenvalue weighted by molar-refractivity contribution is -0.136. The van der Waals surface area contributed by atoms with E-state index in [0.29, 0.717) is 0 Å². The second kappa shape index (κ2) is 6.47. The van der Waals surface area contributed by atoms with E-state index in [9.17, 15) is 4.79 Å². The van der Waals surface area contributed by atoms with Crippen LogP contribution in [-0.2, 0) is 11.2 Å². The average Bonchev–Trinajstić information content (AvgIpc) is 2.36. The van der Waals surface area contributed by atoms with Crippen molar-refractivity contribution in [2.75, 3.05) is 0 Å². The molecule has 3 atom stereocenters. The largest absolute Gasteiger partial charge is 0.481 e. The Morgan fingerprint density at radius 3 is 2.47 bits per heavy atom. The Hall–Kier alpha value is -0.960. The molecule has 0 saturated heterocycles. The summed E-state index contributed by atoms with van der Waals surface area (Å²) in [7, 11) is 0. The van der Waals surface area contributed by atoms with E-state index in [2.05, 4.69) is 26.0 Å². The number of carboxylic acids is 1. The predicted octanol–water partition coefficient (Wildman–Crippen LogP) is 4.23. The van der Waals surface area contributed by atoms with Crippen molar-refractivity contribution in [2.45, 2.75) is 49.7 Å². The van der Waals surface area contributed by atoms with Crippen molar-refractivity contribution < 1.29 is 9.90 Å². The van der Waals surface area contributed by atoms with E-state index in [4.69, 9.17) is 5.11 Å². The van der Waals surface area contributed by atoms with Crippen molar-refractivity contribution in [3.63, 3.8) is 0 Å². The van der Waals surface area contributed by atoms with Crippen molar-refractivity contribution in [1.82, 2.24) is 0 Å². The van der Waals surface area contributed by atoms with Gasteiger partial charge >= 0.3 is 5.97 Å². The van der Waals surface area contributed by atoms with Crippen LogP contribution in [0.3, 0.4) is 0 Å². The van der Waals surface area contributed by atoms with Gasteiger partial charge < -0.3 is 5.11 Å². The lowest BCUT2D eigenvalue weighted by Crippen LogP contribution is -2.22. The zero-order valence-electron chi connectivity index (χ0n) is 11.6. The molecule has 3 unspecified atom stereocenters. The number of carboxylic acid groups (broad SMARTS) is 1. The summed E-state index contributed by atoms with van der Waals surface area (Å²) in [4.78, 5) is 11.9. The first kappa shape index (κ1) is 14.4. The predicted molar refractivity (Wildman–Crippen MR) is 79.6 cm³/mol. The molecular formula is C16H22O2S. The molecule has 1 fully saturated rings. The normalized spacial score (nSPS) is 27.2. The lowest BCUT2D eigenvalue weighted by Gasteiger charge is -2.31. The van der Waals surface area contributed by atoms with E-state index in [0.717, 1.165) is 22.6 Å². The molecule has 1 aromatic carbocycles. The zero-order valence-corrected chi connectivity index (χ0v) is 12.5. The molecule has 1 saturated carbocycles. The summed E-state index contributed by atoms with van der Waals surface area (Å²) in [6, 6.07) is 7.99. The summed E-state index contributed by atoms with van der Waals surface area (Å²) in [5.41, 5.74) is 0.877. The van der Waals surface area contributed by atoms with E-state index in [-0.39, 0.29) is 6.42 Å². The van der Waals surface area contributed by atoms with Gasteiger partial charge in [-0.25, -0.2) is 0 Å². The number of carbonyl (C=O) groups is 1. The minimum atomic E-state index is -0.768. The number of rotatable bonds is 4. The fourth-order valence-electron chi connectivity index (χ4n) is 2.66. The number of thioether (sulfide) groups is 1. The standard InChI is InChI=1S/C16H22O2S/c1-11-3-6-15(9-12(11)2)19-14-7-4-13(5-8-14)10-16(17)18/h4-5,7-8,11-12,15H,3,6,9-10H2,1-2H3,(H,17,18). The van der Waals surface area contributed by atoms with Crippen LogP contribution < -0.4 is 0 Å². The highest BCUT2D eigenvalue weighted by Gasteiger charge is 2.24. The summed E-state index contributed by atoms with van der Waals surface area (Å²) in [6.07, 6.45) is 4.04. The maximum Gasteiger partial charge on any atom is 0.307 e. The first-order valence-electron chi connectivity index (χ1n) is 7.02. The summed E-state index contributed by atoms with van der Waals surface area (Å²) in [5, 5.41) is 9.47. The molecule has 19 heavy (non-hydrogen) atoms. The number of benzene rings is 1. The third-order valence-electron chi connectivity index (χ3n) is 4.13. The van der Waals surface area contributed by atoms with Crippen molar-refractivity contribution in [1.29, 1.82) is 0 Å². The molecular weight excluding hydrogens is 256 g/mol. The third kappa shape index (κ3) is 4.27. The smallest absolute Gasteiger partial charge is 0.307 e. The molecule has 0 heterocycles. The Morgan fingerprint density at radius 2 is 1.89 bits per heavy atom. The van der Waals surface area contributed by atoms with Crippen LogP contribution in [0.25, 0.3) is 0 Å². The molecule has 104 valence electrons. The molecule has 0 bridgehead atoms. The molecule has 1 aliphatic rings.